The number of rotatable bonds is 4. The van der Waals surface area contributed by atoms with Crippen molar-refractivity contribution in [1.29, 1.82) is 0 Å². The van der Waals surface area contributed by atoms with E-state index >= 15 is 0 Å². The Morgan fingerprint density at radius 2 is 1.89 bits per heavy atom. The van der Waals surface area contributed by atoms with E-state index in [4.69, 9.17) is 4.98 Å². The van der Waals surface area contributed by atoms with Crippen molar-refractivity contribution in [3.63, 3.8) is 0 Å². The number of fused-ring (bicyclic) bond motifs is 1. The normalized spacial score (nSPS) is 10.3. The van der Waals surface area contributed by atoms with Gasteiger partial charge in [0.1, 0.15) is 11.5 Å². The van der Waals surface area contributed by atoms with Crippen LogP contribution < -0.4 is 0 Å². The van der Waals surface area contributed by atoms with Crippen LogP contribution in [-0.2, 0) is 6.42 Å². The maximum atomic E-state index is 13.5. The molecule has 0 amide bonds. The largest absolute Gasteiger partial charge is 0.337 e. The summed E-state index contributed by atoms with van der Waals surface area (Å²) in [5, 5.41) is 7.10. The predicted molar refractivity (Wildman–Crippen MR) is 109 cm³/mol. The van der Waals surface area contributed by atoms with Crippen molar-refractivity contribution in [2.75, 3.05) is 0 Å². The molecule has 2 aromatic heterocycles. The zero-order valence-electron chi connectivity index (χ0n) is 15.2. The van der Waals surface area contributed by atoms with Gasteiger partial charge >= 0.3 is 0 Å². The zero-order valence-corrected chi connectivity index (χ0v) is 15.2. The Balaban J connectivity index is 0.000000481. The third-order valence-corrected chi connectivity index (χ3v) is 4.15. The van der Waals surface area contributed by atoms with Crippen LogP contribution in [-0.4, -0.2) is 20.2 Å². The number of hydrogen-bond acceptors (Lipinski definition) is 2. The third-order valence-electron chi connectivity index (χ3n) is 4.15. The van der Waals surface area contributed by atoms with Crippen molar-refractivity contribution in [1.82, 2.24) is 20.2 Å². The minimum absolute atomic E-state index is 0.253. The Hall–Kier alpha value is -3.47. The average molecular weight is 360 g/mol. The monoisotopic (exact) mass is 360 g/mol. The van der Waals surface area contributed by atoms with Crippen molar-refractivity contribution in [3.05, 3.63) is 85.4 Å². The molecule has 4 nitrogen and oxygen atoms in total. The third kappa shape index (κ3) is 3.87. The van der Waals surface area contributed by atoms with E-state index in [1.54, 1.807) is 18.2 Å². The van der Waals surface area contributed by atoms with E-state index in [1.807, 2.05) is 30.5 Å². The van der Waals surface area contributed by atoms with Crippen LogP contribution >= 0.6 is 0 Å². The lowest BCUT2D eigenvalue weighted by atomic mass is 10.0. The molecule has 0 atom stereocenters. The van der Waals surface area contributed by atoms with E-state index in [0.29, 0.717) is 0 Å². The minimum Gasteiger partial charge on any atom is -0.337 e. The lowest BCUT2D eigenvalue weighted by molar-refractivity contribution is 0.628. The van der Waals surface area contributed by atoms with Crippen molar-refractivity contribution >= 4 is 11.0 Å². The first kappa shape index (κ1) is 18.3. The fourth-order valence-electron chi connectivity index (χ4n) is 2.82. The van der Waals surface area contributed by atoms with Crippen molar-refractivity contribution < 1.29 is 4.39 Å². The number of halogens is 1. The zero-order chi connectivity index (χ0) is 19.2. The molecular weight excluding hydrogens is 339 g/mol. The molecule has 2 aromatic carbocycles. The van der Waals surface area contributed by atoms with Gasteiger partial charge in [-0.2, -0.15) is 5.10 Å². The quantitative estimate of drug-likeness (QED) is 0.460. The van der Waals surface area contributed by atoms with Gasteiger partial charge in [-0.05, 0) is 30.2 Å². The Bertz CT molecular complexity index is 1070. The Labute approximate surface area is 157 Å². The van der Waals surface area contributed by atoms with Crippen LogP contribution in [0.3, 0.4) is 0 Å². The smallest absolute Gasteiger partial charge is 0.156 e. The summed E-state index contributed by atoms with van der Waals surface area (Å²) < 4.78 is 13.5. The van der Waals surface area contributed by atoms with Gasteiger partial charge in [-0.15, -0.1) is 0 Å². The molecule has 0 aliphatic heterocycles. The molecule has 2 heterocycles. The lowest BCUT2D eigenvalue weighted by Gasteiger charge is -2.02. The molecule has 0 fully saturated rings. The minimum atomic E-state index is -0.253. The fraction of sp³-hybridized carbons (Fsp3) is 0.0909. The average Bonchev–Trinajstić information content (AvgIpc) is 3.34. The SMILES string of the molecule is C=CC=C.CCc1cn[nH]c1-c1nc2c(-c3cccc(F)c3)cccc2[nH]1. The molecule has 5 heteroatoms. The first-order valence-electron chi connectivity index (χ1n) is 8.68. The highest BCUT2D eigenvalue weighted by molar-refractivity contribution is 5.93. The van der Waals surface area contributed by atoms with Crippen LogP contribution in [0, 0.1) is 5.82 Å². The maximum absolute atomic E-state index is 13.5. The van der Waals surface area contributed by atoms with E-state index in [9.17, 15) is 4.39 Å². The van der Waals surface area contributed by atoms with Crippen LogP contribution in [0.25, 0.3) is 33.7 Å². The molecule has 136 valence electrons. The number of imidazole rings is 1. The topological polar surface area (TPSA) is 57.4 Å². The first-order chi connectivity index (χ1) is 13.2. The van der Waals surface area contributed by atoms with Crippen LogP contribution in [0.5, 0.6) is 0 Å². The Kier molecular flexibility index (Phi) is 5.61. The Morgan fingerprint density at radius 3 is 2.59 bits per heavy atom. The molecule has 0 saturated heterocycles. The van der Waals surface area contributed by atoms with Crippen molar-refractivity contribution in [2.45, 2.75) is 13.3 Å². The predicted octanol–water partition coefficient (Wildman–Crippen LogP) is 5.68. The van der Waals surface area contributed by atoms with Crippen LogP contribution in [0.4, 0.5) is 4.39 Å². The molecule has 0 radical (unpaired) electrons. The van der Waals surface area contributed by atoms with Gasteiger partial charge in [-0.3, -0.25) is 5.10 Å². The van der Waals surface area contributed by atoms with Crippen LogP contribution in [0.2, 0.25) is 0 Å². The van der Waals surface area contributed by atoms with Gasteiger partial charge < -0.3 is 4.98 Å². The van der Waals surface area contributed by atoms with Gasteiger partial charge in [0.2, 0.25) is 0 Å². The number of aromatic nitrogens is 4. The molecule has 0 aliphatic rings. The summed E-state index contributed by atoms with van der Waals surface area (Å²) in [4.78, 5) is 8.04. The number of H-pyrrole nitrogens is 2. The number of nitrogens with one attached hydrogen (secondary N) is 2. The lowest BCUT2D eigenvalue weighted by Crippen LogP contribution is -1.86. The summed E-state index contributed by atoms with van der Waals surface area (Å²) in [5.74, 6) is 0.496. The number of aryl methyl sites for hydroxylation is 1. The summed E-state index contributed by atoms with van der Waals surface area (Å²) in [6.45, 7) is 8.80. The van der Waals surface area contributed by atoms with Crippen molar-refractivity contribution in [2.24, 2.45) is 0 Å². The van der Waals surface area contributed by atoms with E-state index in [-0.39, 0.29) is 5.82 Å². The summed E-state index contributed by atoms with van der Waals surface area (Å²) in [7, 11) is 0. The van der Waals surface area contributed by atoms with Gasteiger partial charge in [0.05, 0.1) is 17.2 Å². The molecule has 4 rings (SSSR count). The van der Waals surface area contributed by atoms with Gasteiger partial charge in [0.15, 0.2) is 5.82 Å². The summed E-state index contributed by atoms with van der Waals surface area (Å²) in [5.41, 5.74) is 5.46. The van der Waals surface area contributed by atoms with Gasteiger partial charge in [-0.25, -0.2) is 9.37 Å². The summed E-state index contributed by atoms with van der Waals surface area (Å²) in [6, 6.07) is 12.4. The fourth-order valence-corrected chi connectivity index (χ4v) is 2.82. The van der Waals surface area contributed by atoms with Crippen LogP contribution in [0.15, 0.2) is 74.0 Å². The van der Waals surface area contributed by atoms with Gasteiger partial charge in [0, 0.05) is 11.1 Å². The number of hydrogen-bond donors (Lipinski definition) is 2. The first-order valence-corrected chi connectivity index (χ1v) is 8.68. The highest BCUT2D eigenvalue weighted by Gasteiger charge is 2.14. The second-order valence-electron chi connectivity index (χ2n) is 5.89. The maximum Gasteiger partial charge on any atom is 0.156 e. The molecule has 0 unspecified atom stereocenters. The summed E-state index contributed by atoms with van der Waals surface area (Å²) >= 11 is 0. The second-order valence-corrected chi connectivity index (χ2v) is 5.89. The number of para-hydroxylation sites is 1. The summed E-state index contributed by atoms with van der Waals surface area (Å²) in [6.07, 6.45) is 5.97. The number of nitrogens with zero attached hydrogens (tertiary/aromatic N) is 2. The molecule has 2 N–H and O–H groups in total. The van der Waals surface area contributed by atoms with E-state index in [0.717, 1.165) is 45.7 Å². The molecule has 27 heavy (non-hydrogen) atoms. The van der Waals surface area contributed by atoms with Gasteiger partial charge in [-0.1, -0.05) is 56.5 Å². The molecule has 0 spiro atoms. The molecule has 0 bridgehead atoms. The van der Waals surface area contributed by atoms with E-state index < -0.39 is 0 Å². The number of aromatic amines is 2. The van der Waals surface area contributed by atoms with Crippen molar-refractivity contribution in [3.8, 4) is 22.6 Å². The van der Waals surface area contributed by atoms with E-state index in [1.165, 1.54) is 12.1 Å². The standard InChI is InChI=1S/C18H15FN4.C4H6/c1-2-11-10-20-23-16(11)18-21-15-8-4-7-14(17(15)22-18)12-5-3-6-13(19)9-12;1-3-4-2/h3-10H,2H2,1H3,(H,20,23)(H,21,22);3-4H,1-2H2. The number of allylic oxidation sites excluding steroid dienone is 2. The molecule has 0 saturated carbocycles. The number of benzene rings is 2. The molecular formula is C22H21FN4. The second kappa shape index (κ2) is 8.27. The Morgan fingerprint density at radius 1 is 1.11 bits per heavy atom. The van der Waals surface area contributed by atoms with Crippen LogP contribution in [0.1, 0.15) is 12.5 Å². The molecule has 0 aliphatic carbocycles. The van der Waals surface area contributed by atoms with E-state index in [2.05, 4.69) is 35.3 Å². The highest BCUT2D eigenvalue weighted by atomic mass is 19.1. The molecule has 4 aromatic rings. The van der Waals surface area contributed by atoms with Gasteiger partial charge in [0.25, 0.3) is 0 Å². The highest BCUT2D eigenvalue weighted by Crippen LogP contribution is 2.30.